The lowest BCUT2D eigenvalue weighted by atomic mass is 9.55. The van der Waals surface area contributed by atoms with E-state index in [-0.39, 0.29) is 42.9 Å². The van der Waals surface area contributed by atoms with E-state index < -0.39 is 34.7 Å². The Labute approximate surface area is 157 Å². The molecule has 0 amide bonds. The molecule has 0 aromatic carbocycles. The van der Waals surface area contributed by atoms with Crippen LogP contribution in [0, 0.1) is 28.1 Å². The van der Waals surface area contributed by atoms with E-state index >= 15 is 0 Å². The minimum atomic E-state index is -1.72. The lowest BCUT2D eigenvalue weighted by Crippen LogP contribution is -2.48. The molecule has 0 aliphatic heterocycles. The van der Waals surface area contributed by atoms with E-state index in [2.05, 4.69) is 0 Å². The van der Waals surface area contributed by atoms with Crippen molar-refractivity contribution in [1.82, 2.24) is 0 Å². The molecule has 0 aromatic heterocycles. The summed E-state index contributed by atoms with van der Waals surface area (Å²) in [6.45, 7) is 4.09. The Morgan fingerprint density at radius 1 is 0.630 bits per heavy atom. The number of hydrogen-bond acceptors (Lipinski definition) is 4. The fourth-order valence-corrected chi connectivity index (χ4v) is 5.08. The predicted molar refractivity (Wildman–Crippen MR) is 93.1 cm³/mol. The lowest BCUT2D eigenvalue weighted by Gasteiger charge is -2.48. The van der Waals surface area contributed by atoms with Gasteiger partial charge in [0.2, 0.25) is 0 Å². The minimum absolute atomic E-state index is 0.0761. The monoisotopic (exact) mass is 384 g/mol. The van der Waals surface area contributed by atoms with Crippen LogP contribution >= 0.6 is 0 Å². The van der Waals surface area contributed by atoms with Crippen LogP contribution in [-0.4, -0.2) is 44.3 Å². The number of hydrogen-bond donors (Lipinski definition) is 4. The number of carboxylic acids is 4. The molecular formula is C19H28O8. The SMILES string of the molecule is CC(C)(C1CCC(C(=O)O)(C(=O)O)CC1)C1CCC(C(=O)O)(C(=O)O)CC1. The highest BCUT2D eigenvalue weighted by Gasteiger charge is 2.54. The van der Waals surface area contributed by atoms with Crippen molar-refractivity contribution in [3.8, 4) is 0 Å². The second-order valence-electron chi connectivity index (χ2n) is 8.75. The number of carbonyl (C=O) groups is 4. The van der Waals surface area contributed by atoms with Gasteiger partial charge in [0.1, 0.15) is 0 Å². The summed E-state index contributed by atoms with van der Waals surface area (Å²) in [4.78, 5) is 45.9. The third-order valence-electron chi connectivity index (χ3n) is 7.42. The van der Waals surface area contributed by atoms with Crippen LogP contribution in [0.3, 0.4) is 0 Å². The van der Waals surface area contributed by atoms with Gasteiger partial charge in [0.05, 0.1) is 0 Å². The van der Waals surface area contributed by atoms with Gasteiger partial charge in [-0.15, -0.1) is 0 Å². The van der Waals surface area contributed by atoms with Gasteiger partial charge in [0.25, 0.3) is 0 Å². The molecule has 2 aliphatic carbocycles. The molecule has 0 unspecified atom stereocenters. The summed E-state index contributed by atoms with van der Waals surface area (Å²) in [6.07, 6.45) is 2.21. The fourth-order valence-electron chi connectivity index (χ4n) is 5.08. The maximum Gasteiger partial charge on any atom is 0.321 e. The summed E-state index contributed by atoms with van der Waals surface area (Å²) < 4.78 is 0. The standard InChI is InChI=1S/C19H28O8/c1-17(2,11-3-7-18(8-4-11,13(20)21)14(22)23)12-5-9-19(10-6-12,15(24)25)16(26)27/h11-12H,3-10H2,1-2H3,(H,20,21)(H,22,23)(H,24,25)(H,26,27). The predicted octanol–water partition coefficient (Wildman–Crippen LogP) is 2.70. The number of carboxylic acid groups (broad SMARTS) is 4. The van der Waals surface area contributed by atoms with Crippen molar-refractivity contribution in [2.45, 2.75) is 65.2 Å². The smallest absolute Gasteiger partial charge is 0.321 e. The van der Waals surface area contributed by atoms with Gasteiger partial charge < -0.3 is 20.4 Å². The maximum atomic E-state index is 11.5. The average Bonchev–Trinajstić information content (AvgIpc) is 2.61. The molecule has 8 heteroatoms. The van der Waals surface area contributed by atoms with Gasteiger partial charge in [-0.3, -0.25) is 19.2 Å². The van der Waals surface area contributed by atoms with Crippen molar-refractivity contribution in [2.24, 2.45) is 28.1 Å². The molecule has 2 saturated carbocycles. The second kappa shape index (κ2) is 7.13. The van der Waals surface area contributed by atoms with Gasteiger partial charge in [-0.05, 0) is 68.6 Å². The van der Waals surface area contributed by atoms with Gasteiger partial charge in [-0.2, -0.15) is 0 Å². The zero-order valence-electron chi connectivity index (χ0n) is 15.7. The van der Waals surface area contributed by atoms with Crippen LogP contribution < -0.4 is 0 Å². The highest BCUT2D eigenvalue weighted by Crippen LogP contribution is 2.54. The molecule has 0 spiro atoms. The molecule has 27 heavy (non-hydrogen) atoms. The van der Waals surface area contributed by atoms with Gasteiger partial charge in [0, 0.05) is 0 Å². The first-order valence-corrected chi connectivity index (χ1v) is 9.34. The molecule has 2 rings (SSSR count). The van der Waals surface area contributed by atoms with Crippen molar-refractivity contribution < 1.29 is 39.6 Å². The van der Waals surface area contributed by atoms with Crippen molar-refractivity contribution in [3.05, 3.63) is 0 Å². The lowest BCUT2D eigenvalue weighted by molar-refractivity contribution is -0.169. The van der Waals surface area contributed by atoms with E-state index in [1.54, 1.807) is 0 Å². The second-order valence-corrected chi connectivity index (χ2v) is 8.75. The van der Waals surface area contributed by atoms with Crippen LogP contribution in [0.2, 0.25) is 0 Å². The van der Waals surface area contributed by atoms with E-state index in [0.29, 0.717) is 25.7 Å². The maximum absolute atomic E-state index is 11.5. The Hall–Kier alpha value is -2.12. The molecular weight excluding hydrogens is 356 g/mol. The third kappa shape index (κ3) is 3.41. The molecule has 2 aliphatic rings. The number of rotatable bonds is 6. The third-order valence-corrected chi connectivity index (χ3v) is 7.42. The van der Waals surface area contributed by atoms with Crippen LogP contribution in [0.25, 0.3) is 0 Å². The quantitative estimate of drug-likeness (QED) is 0.511. The molecule has 2 fully saturated rings. The normalized spacial score (nSPS) is 23.5. The zero-order valence-corrected chi connectivity index (χ0v) is 15.7. The van der Waals surface area contributed by atoms with Crippen LogP contribution in [0.1, 0.15) is 65.2 Å². The molecule has 0 saturated heterocycles. The molecule has 8 nitrogen and oxygen atoms in total. The summed E-state index contributed by atoms with van der Waals surface area (Å²) in [5.41, 5.74) is -3.69. The highest BCUT2D eigenvalue weighted by molar-refractivity contribution is 5.98. The van der Waals surface area contributed by atoms with Crippen LogP contribution in [0.15, 0.2) is 0 Å². The van der Waals surface area contributed by atoms with E-state index in [0.717, 1.165) is 0 Å². The zero-order chi connectivity index (χ0) is 20.6. The summed E-state index contributed by atoms with van der Waals surface area (Å²) in [6, 6.07) is 0. The van der Waals surface area contributed by atoms with Crippen LogP contribution in [0.4, 0.5) is 0 Å². The Morgan fingerprint density at radius 2 is 0.852 bits per heavy atom. The summed E-state index contributed by atoms with van der Waals surface area (Å²) in [5, 5.41) is 37.5. The summed E-state index contributed by atoms with van der Waals surface area (Å²) in [7, 11) is 0. The highest BCUT2D eigenvalue weighted by atomic mass is 16.4. The van der Waals surface area contributed by atoms with Crippen molar-refractivity contribution in [1.29, 1.82) is 0 Å². The molecule has 0 bridgehead atoms. The van der Waals surface area contributed by atoms with Gasteiger partial charge in [0.15, 0.2) is 10.8 Å². The molecule has 4 N–H and O–H groups in total. The van der Waals surface area contributed by atoms with E-state index in [1.165, 1.54) is 0 Å². The van der Waals surface area contributed by atoms with Crippen molar-refractivity contribution in [3.63, 3.8) is 0 Å². The number of aliphatic carboxylic acids is 4. The van der Waals surface area contributed by atoms with Gasteiger partial charge in [-0.25, -0.2) is 0 Å². The topological polar surface area (TPSA) is 149 Å². The van der Waals surface area contributed by atoms with E-state index in [9.17, 15) is 39.6 Å². The Morgan fingerprint density at radius 3 is 1.04 bits per heavy atom. The first-order valence-electron chi connectivity index (χ1n) is 9.34. The largest absolute Gasteiger partial charge is 0.480 e. The van der Waals surface area contributed by atoms with Gasteiger partial charge in [-0.1, -0.05) is 13.8 Å². The Kier molecular flexibility index (Phi) is 5.59. The van der Waals surface area contributed by atoms with E-state index in [4.69, 9.17) is 0 Å². The van der Waals surface area contributed by atoms with E-state index in [1.807, 2.05) is 13.8 Å². The molecule has 0 aromatic rings. The van der Waals surface area contributed by atoms with Gasteiger partial charge >= 0.3 is 23.9 Å². The first kappa shape index (κ1) is 21.2. The minimum Gasteiger partial charge on any atom is -0.480 e. The van der Waals surface area contributed by atoms with Crippen LogP contribution in [-0.2, 0) is 19.2 Å². The van der Waals surface area contributed by atoms with Crippen molar-refractivity contribution in [2.75, 3.05) is 0 Å². The van der Waals surface area contributed by atoms with Crippen LogP contribution in [0.5, 0.6) is 0 Å². The summed E-state index contributed by atoms with van der Waals surface area (Å²) in [5.74, 6) is -4.94. The fraction of sp³-hybridized carbons (Fsp3) is 0.789. The van der Waals surface area contributed by atoms with Crippen molar-refractivity contribution >= 4 is 23.9 Å². The molecule has 0 atom stereocenters. The Bertz CT molecular complexity index is 548. The molecule has 152 valence electrons. The molecule has 0 radical (unpaired) electrons. The summed E-state index contributed by atoms with van der Waals surface area (Å²) >= 11 is 0. The first-order chi connectivity index (χ1) is 12.4. The molecule has 0 heterocycles. The average molecular weight is 384 g/mol. The Balaban J connectivity index is 2.08.